The SMILES string of the molecule is COC1(CNC2CCOC3(CCCC3)C2)CCOC1. The molecule has 2 aliphatic heterocycles. The van der Waals surface area contributed by atoms with Crippen molar-refractivity contribution in [2.45, 2.75) is 62.2 Å². The highest BCUT2D eigenvalue weighted by Gasteiger charge is 2.41. The maximum atomic E-state index is 6.08. The third kappa shape index (κ3) is 2.97. The molecule has 3 rings (SSSR count). The fourth-order valence-electron chi connectivity index (χ4n) is 3.86. The average molecular weight is 269 g/mol. The Labute approximate surface area is 116 Å². The zero-order chi connectivity index (χ0) is 13.2. The van der Waals surface area contributed by atoms with E-state index in [-0.39, 0.29) is 11.2 Å². The summed E-state index contributed by atoms with van der Waals surface area (Å²) in [5.41, 5.74) is 0.101. The van der Waals surface area contributed by atoms with Crippen LogP contribution in [0, 0.1) is 0 Å². The maximum Gasteiger partial charge on any atom is 0.106 e. The molecule has 2 heterocycles. The molecule has 2 saturated heterocycles. The van der Waals surface area contributed by atoms with Crippen molar-refractivity contribution in [2.24, 2.45) is 0 Å². The van der Waals surface area contributed by atoms with Gasteiger partial charge in [-0.05, 0) is 25.7 Å². The standard InChI is InChI=1S/C15H27NO3/c1-17-15(7-9-18-12-15)11-16-13-4-8-19-14(10-13)5-2-3-6-14/h13,16H,2-12H2,1H3. The zero-order valence-corrected chi connectivity index (χ0v) is 12.1. The lowest BCUT2D eigenvalue weighted by Gasteiger charge is -2.40. The molecule has 0 aromatic heterocycles. The molecule has 0 aromatic rings. The van der Waals surface area contributed by atoms with E-state index in [0.717, 1.165) is 39.2 Å². The molecule has 4 nitrogen and oxygen atoms in total. The summed E-state index contributed by atoms with van der Waals surface area (Å²) in [6, 6.07) is 0.583. The third-order valence-corrected chi connectivity index (χ3v) is 5.22. The highest BCUT2D eigenvalue weighted by molar-refractivity contribution is 4.95. The monoisotopic (exact) mass is 269 g/mol. The van der Waals surface area contributed by atoms with Crippen LogP contribution < -0.4 is 5.32 Å². The Morgan fingerprint density at radius 1 is 1.21 bits per heavy atom. The Bertz CT molecular complexity index is 296. The lowest BCUT2D eigenvalue weighted by Crippen LogP contribution is -2.51. The van der Waals surface area contributed by atoms with Crippen molar-refractivity contribution in [3.05, 3.63) is 0 Å². The van der Waals surface area contributed by atoms with Gasteiger partial charge in [0.1, 0.15) is 5.60 Å². The van der Waals surface area contributed by atoms with Crippen molar-refractivity contribution in [1.29, 1.82) is 0 Å². The molecular weight excluding hydrogens is 242 g/mol. The molecule has 1 N–H and O–H groups in total. The van der Waals surface area contributed by atoms with E-state index >= 15 is 0 Å². The van der Waals surface area contributed by atoms with Gasteiger partial charge in [-0.1, -0.05) is 12.8 Å². The topological polar surface area (TPSA) is 39.7 Å². The van der Waals surface area contributed by atoms with E-state index in [2.05, 4.69) is 5.32 Å². The number of rotatable bonds is 4. The summed E-state index contributed by atoms with van der Waals surface area (Å²) < 4.78 is 17.3. The molecular formula is C15H27NO3. The summed E-state index contributed by atoms with van der Waals surface area (Å²) >= 11 is 0. The Kier molecular flexibility index (Phi) is 4.13. The molecule has 4 heteroatoms. The fraction of sp³-hybridized carbons (Fsp3) is 1.00. The van der Waals surface area contributed by atoms with Crippen LogP contribution >= 0.6 is 0 Å². The van der Waals surface area contributed by atoms with Gasteiger partial charge in [-0.15, -0.1) is 0 Å². The van der Waals surface area contributed by atoms with Crippen LogP contribution in [0.2, 0.25) is 0 Å². The molecule has 19 heavy (non-hydrogen) atoms. The van der Waals surface area contributed by atoms with E-state index in [1.165, 1.54) is 32.1 Å². The van der Waals surface area contributed by atoms with Crippen LogP contribution in [0.15, 0.2) is 0 Å². The van der Waals surface area contributed by atoms with Crippen molar-refractivity contribution in [1.82, 2.24) is 5.32 Å². The zero-order valence-electron chi connectivity index (χ0n) is 12.1. The summed E-state index contributed by atoms with van der Waals surface area (Å²) in [5, 5.41) is 3.72. The number of hydrogen-bond acceptors (Lipinski definition) is 4. The van der Waals surface area contributed by atoms with Gasteiger partial charge in [0.25, 0.3) is 0 Å². The summed E-state index contributed by atoms with van der Waals surface area (Å²) in [4.78, 5) is 0. The van der Waals surface area contributed by atoms with Crippen LogP contribution in [0.3, 0.4) is 0 Å². The second kappa shape index (κ2) is 5.68. The molecule has 1 aliphatic carbocycles. The van der Waals surface area contributed by atoms with E-state index < -0.39 is 0 Å². The van der Waals surface area contributed by atoms with Crippen LogP contribution in [0.25, 0.3) is 0 Å². The smallest absolute Gasteiger partial charge is 0.106 e. The molecule has 0 amide bonds. The average Bonchev–Trinajstić information content (AvgIpc) is 3.07. The minimum absolute atomic E-state index is 0.0961. The van der Waals surface area contributed by atoms with Gasteiger partial charge >= 0.3 is 0 Å². The molecule has 1 spiro atoms. The predicted octanol–water partition coefficient (Wildman–Crippen LogP) is 1.87. The normalized spacial score (nSPS) is 38.1. The van der Waals surface area contributed by atoms with E-state index in [4.69, 9.17) is 14.2 Å². The molecule has 0 aromatic carbocycles. The van der Waals surface area contributed by atoms with Gasteiger partial charge in [0, 0.05) is 39.3 Å². The molecule has 3 aliphatic rings. The fourth-order valence-corrected chi connectivity index (χ4v) is 3.86. The third-order valence-electron chi connectivity index (χ3n) is 5.22. The van der Waals surface area contributed by atoms with Crippen LogP contribution in [0.5, 0.6) is 0 Å². The van der Waals surface area contributed by atoms with Crippen LogP contribution in [0.4, 0.5) is 0 Å². The van der Waals surface area contributed by atoms with E-state index in [1.807, 2.05) is 0 Å². The summed E-state index contributed by atoms with van der Waals surface area (Å²) in [5.74, 6) is 0. The van der Waals surface area contributed by atoms with Crippen LogP contribution in [-0.2, 0) is 14.2 Å². The first kappa shape index (κ1) is 13.8. The van der Waals surface area contributed by atoms with Gasteiger partial charge in [0.2, 0.25) is 0 Å². The maximum absolute atomic E-state index is 6.08. The highest BCUT2D eigenvalue weighted by Crippen LogP contribution is 2.40. The second-order valence-corrected chi connectivity index (χ2v) is 6.50. The molecule has 2 unspecified atom stereocenters. The first-order chi connectivity index (χ1) is 9.26. The Balaban J connectivity index is 1.52. The quantitative estimate of drug-likeness (QED) is 0.846. The van der Waals surface area contributed by atoms with Crippen molar-refractivity contribution in [3.63, 3.8) is 0 Å². The lowest BCUT2D eigenvalue weighted by molar-refractivity contribution is -0.0875. The van der Waals surface area contributed by atoms with Gasteiger partial charge in [-0.25, -0.2) is 0 Å². The van der Waals surface area contributed by atoms with Crippen molar-refractivity contribution >= 4 is 0 Å². The summed E-state index contributed by atoms with van der Waals surface area (Å²) in [7, 11) is 1.80. The van der Waals surface area contributed by atoms with Crippen LogP contribution in [-0.4, -0.2) is 50.7 Å². The van der Waals surface area contributed by atoms with E-state index in [1.54, 1.807) is 7.11 Å². The molecule has 0 bridgehead atoms. The van der Waals surface area contributed by atoms with Crippen molar-refractivity contribution in [3.8, 4) is 0 Å². The Hall–Kier alpha value is -0.160. The molecule has 0 radical (unpaired) electrons. The first-order valence-corrected chi connectivity index (χ1v) is 7.76. The van der Waals surface area contributed by atoms with Crippen molar-refractivity contribution in [2.75, 3.05) is 33.5 Å². The van der Waals surface area contributed by atoms with Gasteiger partial charge in [0.15, 0.2) is 0 Å². The number of hydrogen-bond donors (Lipinski definition) is 1. The van der Waals surface area contributed by atoms with E-state index in [9.17, 15) is 0 Å². The van der Waals surface area contributed by atoms with Gasteiger partial charge in [0.05, 0.1) is 12.2 Å². The highest BCUT2D eigenvalue weighted by atomic mass is 16.5. The van der Waals surface area contributed by atoms with Crippen LogP contribution in [0.1, 0.15) is 44.9 Å². The Morgan fingerprint density at radius 2 is 2.05 bits per heavy atom. The second-order valence-electron chi connectivity index (χ2n) is 6.50. The molecule has 1 saturated carbocycles. The minimum Gasteiger partial charge on any atom is -0.378 e. The Morgan fingerprint density at radius 3 is 2.74 bits per heavy atom. The lowest BCUT2D eigenvalue weighted by atomic mass is 9.88. The van der Waals surface area contributed by atoms with Crippen molar-refractivity contribution < 1.29 is 14.2 Å². The molecule has 3 fully saturated rings. The largest absolute Gasteiger partial charge is 0.378 e. The number of nitrogens with one attached hydrogen (secondary N) is 1. The van der Waals surface area contributed by atoms with Gasteiger partial charge in [-0.3, -0.25) is 0 Å². The summed E-state index contributed by atoms with van der Waals surface area (Å²) in [6.45, 7) is 3.37. The minimum atomic E-state index is -0.0961. The van der Waals surface area contributed by atoms with Gasteiger partial charge in [-0.2, -0.15) is 0 Å². The van der Waals surface area contributed by atoms with Gasteiger partial charge < -0.3 is 19.5 Å². The number of ether oxygens (including phenoxy) is 3. The van der Waals surface area contributed by atoms with E-state index in [0.29, 0.717) is 6.04 Å². The number of methoxy groups -OCH3 is 1. The summed E-state index contributed by atoms with van der Waals surface area (Å²) in [6.07, 6.45) is 8.49. The molecule has 2 atom stereocenters. The predicted molar refractivity (Wildman–Crippen MR) is 73.4 cm³/mol. The molecule has 110 valence electrons. The first-order valence-electron chi connectivity index (χ1n) is 7.76.